The largest absolute Gasteiger partial charge is 0.493 e. The molecule has 2 nitrogen and oxygen atoms in total. The molecule has 1 aromatic rings. The fraction of sp³-hybridized carbons (Fsp3) is 0.571. The maximum atomic E-state index is 5.85. The molecular weight excluding hydrogens is 198 g/mol. The molecule has 1 aromatic carbocycles. The Hall–Kier alpha value is -1.02. The molecule has 1 atom stereocenters. The molecule has 0 heterocycles. The van der Waals surface area contributed by atoms with Crippen molar-refractivity contribution in [2.45, 2.75) is 27.7 Å². The molecule has 0 aliphatic carbocycles. The first-order valence-corrected chi connectivity index (χ1v) is 5.89. The predicted octanol–water partition coefficient (Wildman–Crippen LogP) is 2.85. The Labute approximate surface area is 99.0 Å². The van der Waals surface area contributed by atoms with Crippen molar-refractivity contribution in [3.63, 3.8) is 0 Å². The van der Waals surface area contributed by atoms with Crippen molar-refractivity contribution in [2.75, 3.05) is 20.2 Å². The highest BCUT2D eigenvalue weighted by atomic mass is 16.5. The van der Waals surface area contributed by atoms with Gasteiger partial charge in [-0.25, -0.2) is 0 Å². The van der Waals surface area contributed by atoms with E-state index in [0.717, 1.165) is 18.9 Å². The molecule has 0 saturated carbocycles. The van der Waals surface area contributed by atoms with Crippen LogP contribution in [0.5, 0.6) is 5.75 Å². The summed E-state index contributed by atoms with van der Waals surface area (Å²) in [4.78, 5) is 0. The first-order valence-electron chi connectivity index (χ1n) is 5.89. The minimum atomic E-state index is 0.533. The van der Waals surface area contributed by atoms with Gasteiger partial charge in [-0.15, -0.1) is 0 Å². The van der Waals surface area contributed by atoms with Gasteiger partial charge in [0.1, 0.15) is 5.75 Å². The van der Waals surface area contributed by atoms with Crippen LogP contribution in [0.25, 0.3) is 0 Å². The lowest BCUT2D eigenvalue weighted by atomic mass is 10.1. The molecule has 1 unspecified atom stereocenters. The molecule has 0 radical (unpaired) electrons. The lowest BCUT2D eigenvalue weighted by molar-refractivity contribution is 0.256. The highest BCUT2D eigenvalue weighted by Gasteiger charge is 2.05. The maximum absolute atomic E-state index is 5.85. The number of benzene rings is 1. The van der Waals surface area contributed by atoms with Crippen LogP contribution in [0.4, 0.5) is 0 Å². The number of ether oxygens (including phenoxy) is 1. The third-order valence-electron chi connectivity index (χ3n) is 2.87. The first kappa shape index (κ1) is 13.0. The van der Waals surface area contributed by atoms with E-state index >= 15 is 0 Å². The minimum Gasteiger partial charge on any atom is -0.493 e. The number of rotatable bonds is 5. The van der Waals surface area contributed by atoms with E-state index in [2.05, 4.69) is 45.1 Å². The van der Waals surface area contributed by atoms with Crippen molar-refractivity contribution in [2.24, 2.45) is 5.92 Å². The molecule has 0 aromatic heterocycles. The third kappa shape index (κ3) is 3.53. The van der Waals surface area contributed by atoms with Gasteiger partial charge >= 0.3 is 0 Å². The molecule has 0 aliphatic rings. The molecule has 16 heavy (non-hydrogen) atoms. The summed E-state index contributed by atoms with van der Waals surface area (Å²) in [6.45, 7) is 10.3. The van der Waals surface area contributed by atoms with Gasteiger partial charge in [0, 0.05) is 12.5 Å². The van der Waals surface area contributed by atoms with Crippen LogP contribution < -0.4 is 10.1 Å². The van der Waals surface area contributed by atoms with Crippen molar-refractivity contribution >= 4 is 0 Å². The zero-order chi connectivity index (χ0) is 12.1. The maximum Gasteiger partial charge on any atom is 0.122 e. The van der Waals surface area contributed by atoms with Crippen LogP contribution in [0.1, 0.15) is 23.6 Å². The van der Waals surface area contributed by atoms with Gasteiger partial charge in [0.2, 0.25) is 0 Å². The van der Waals surface area contributed by atoms with E-state index < -0.39 is 0 Å². The Morgan fingerprint density at radius 2 is 1.75 bits per heavy atom. The third-order valence-corrected chi connectivity index (χ3v) is 2.87. The van der Waals surface area contributed by atoms with Gasteiger partial charge in [0.25, 0.3) is 0 Å². The van der Waals surface area contributed by atoms with Gasteiger partial charge in [0.15, 0.2) is 0 Å². The fourth-order valence-corrected chi connectivity index (χ4v) is 1.73. The molecule has 0 saturated heterocycles. The second-order valence-electron chi connectivity index (χ2n) is 4.68. The molecule has 1 rings (SSSR count). The first-order chi connectivity index (χ1) is 7.54. The average Bonchev–Trinajstić information content (AvgIpc) is 2.22. The fourth-order valence-electron chi connectivity index (χ4n) is 1.73. The van der Waals surface area contributed by atoms with Crippen LogP contribution in [-0.2, 0) is 0 Å². The number of aryl methyl sites for hydroxylation is 3. The van der Waals surface area contributed by atoms with E-state index in [0.29, 0.717) is 5.92 Å². The van der Waals surface area contributed by atoms with Crippen molar-refractivity contribution in [3.8, 4) is 5.75 Å². The zero-order valence-corrected chi connectivity index (χ0v) is 11.1. The second-order valence-corrected chi connectivity index (χ2v) is 4.68. The van der Waals surface area contributed by atoms with Gasteiger partial charge in [-0.05, 0) is 50.6 Å². The Kier molecular flexibility index (Phi) is 4.81. The van der Waals surface area contributed by atoms with Gasteiger partial charge in [-0.3, -0.25) is 0 Å². The summed E-state index contributed by atoms with van der Waals surface area (Å²) >= 11 is 0. The van der Waals surface area contributed by atoms with E-state index in [1.54, 1.807) is 0 Å². The summed E-state index contributed by atoms with van der Waals surface area (Å²) in [5.74, 6) is 1.55. The summed E-state index contributed by atoms with van der Waals surface area (Å²) in [7, 11) is 1.97. The van der Waals surface area contributed by atoms with Crippen molar-refractivity contribution in [3.05, 3.63) is 28.8 Å². The number of hydrogen-bond donors (Lipinski definition) is 1. The van der Waals surface area contributed by atoms with Gasteiger partial charge in [0.05, 0.1) is 6.61 Å². The Morgan fingerprint density at radius 1 is 1.12 bits per heavy atom. The van der Waals surface area contributed by atoms with Gasteiger partial charge in [-0.2, -0.15) is 0 Å². The molecule has 0 aliphatic heterocycles. The van der Waals surface area contributed by atoms with E-state index in [9.17, 15) is 0 Å². The summed E-state index contributed by atoms with van der Waals surface area (Å²) in [5.41, 5.74) is 3.84. The van der Waals surface area contributed by atoms with E-state index in [4.69, 9.17) is 4.74 Å². The van der Waals surface area contributed by atoms with Crippen molar-refractivity contribution < 1.29 is 4.74 Å². The monoisotopic (exact) mass is 221 g/mol. The normalized spacial score (nSPS) is 12.6. The van der Waals surface area contributed by atoms with E-state index in [1.807, 2.05) is 7.05 Å². The SMILES string of the molecule is CNCC(C)COc1cc(C)c(C)cc1C. The lowest BCUT2D eigenvalue weighted by Gasteiger charge is -2.15. The van der Waals surface area contributed by atoms with Crippen LogP contribution >= 0.6 is 0 Å². The van der Waals surface area contributed by atoms with Crippen LogP contribution in [0, 0.1) is 26.7 Å². The van der Waals surface area contributed by atoms with Crippen LogP contribution in [0.15, 0.2) is 12.1 Å². The highest BCUT2D eigenvalue weighted by molar-refractivity contribution is 5.40. The number of hydrogen-bond acceptors (Lipinski definition) is 2. The van der Waals surface area contributed by atoms with E-state index in [1.165, 1.54) is 16.7 Å². The number of nitrogens with one attached hydrogen (secondary N) is 1. The van der Waals surface area contributed by atoms with E-state index in [-0.39, 0.29) is 0 Å². The quantitative estimate of drug-likeness (QED) is 0.825. The smallest absolute Gasteiger partial charge is 0.122 e. The van der Waals surface area contributed by atoms with Crippen molar-refractivity contribution in [1.82, 2.24) is 5.32 Å². The Bertz CT molecular complexity index is 347. The second kappa shape index (κ2) is 5.90. The summed E-state index contributed by atoms with van der Waals surface area (Å²) < 4.78 is 5.85. The molecule has 0 amide bonds. The standard InChI is InChI=1S/C14H23NO/c1-10(8-15-5)9-16-14-7-12(3)11(2)6-13(14)4/h6-7,10,15H,8-9H2,1-5H3. The summed E-state index contributed by atoms with van der Waals surface area (Å²) in [6, 6.07) is 4.32. The average molecular weight is 221 g/mol. The minimum absolute atomic E-state index is 0.533. The molecular formula is C14H23NO. The van der Waals surface area contributed by atoms with Crippen molar-refractivity contribution in [1.29, 1.82) is 0 Å². The summed E-state index contributed by atoms with van der Waals surface area (Å²) in [5, 5.41) is 3.16. The zero-order valence-electron chi connectivity index (χ0n) is 11.1. The molecule has 90 valence electrons. The molecule has 0 bridgehead atoms. The lowest BCUT2D eigenvalue weighted by Crippen LogP contribution is -2.21. The molecule has 0 spiro atoms. The molecule has 2 heteroatoms. The Balaban J connectivity index is 2.63. The van der Waals surface area contributed by atoms with Gasteiger partial charge in [-0.1, -0.05) is 13.0 Å². The predicted molar refractivity (Wildman–Crippen MR) is 69.2 cm³/mol. The van der Waals surface area contributed by atoms with Crippen LogP contribution in [0.2, 0.25) is 0 Å². The summed E-state index contributed by atoms with van der Waals surface area (Å²) in [6.07, 6.45) is 0. The Morgan fingerprint density at radius 3 is 2.38 bits per heavy atom. The topological polar surface area (TPSA) is 21.3 Å². The van der Waals surface area contributed by atoms with Crippen LogP contribution in [-0.4, -0.2) is 20.2 Å². The van der Waals surface area contributed by atoms with Crippen LogP contribution in [0.3, 0.4) is 0 Å². The molecule has 1 N–H and O–H groups in total. The molecule has 0 fully saturated rings. The highest BCUT2D eigenvalue weighted by Crippen LogP contribution is 2.22. The van der Waals surface area contributed by atoms with Gasteiger partial charge < -0.3 is 10.1 Å².